The molecule has 0 atom stereocenters. The molecule has 1 heterocycles. The number of aliphatic hydroxyl groups excluding tert-OH is 1. The van der Waals surface area contributed by atoms with Crippen molar-refractivity contribution in [2.24, 2.45) is 0 Å². The first-order valence-electron chi connectivity index (χ1n) is 9.67. The van der Waals surface area contributed by atoms with Crippen molar-refractivity contribution in [2.45, 2.75) is 6.18 Å². The van der Waals surface area contributed by atoms with E-state index in [4.69, 9.17) is 16.7 Å². The summed E-state index contributed by atoms with van der Waals surface area (Å²) in [6.45, 7) is -0.391. The normalized spacial score (nSPS) is 11.3. The fourth-order valence-electron chi connectivity index (χ4n) is 2.90. The monoisotopic (exact) mass is 499 g/mol. The van der Waals surface area contributed by atoms with Crippen LogP contribution in [0.4, 0.5) is 33.9 Å². The number of nitrogens with zero attached hydrogens (tertiary/aromatic N) is 3. The quantitative estimate of drug-likeness (QED) is 0.445. The lowest BCUT2D eigenvalue weighted by Crippen LogP contribution is -2.33. The molecule has 0 saturated heterocycles. The smallest absolute Gasteiger partial charge is 0.395 e. The van der Waals surface area contributed by atoms with E-state index in [1.54, 1.807) is 0 Å². The Balaban J connectivity index is 1.87. The summed E-state index contributed by atoms with van der Waals surface area (Å²) in [6, 6.07) is 8.92. The fourth-order valence-corrected chi connectivity index (χ4v) is 3.08. The van der Waals surface area contributed by atoms with Crippen LogP contribution in [0.25, 0.3) is 5.69 Å². The van der Waals surface area contributed by atoms with E-state index >= 15 is 0 Å². The topological polar surface area (TPSA) is 99.5 Å². The summed E-state index contributed by atoms with van der Waals surface area (Å²) >= 11 is 5.94. The van der Waals surface area contributed by atoms with Crippen LogP contribution in [-0.4, -0.2) is 47.0 Å². The summed E-state index contributed by atoms with van der Waals surface area (Å²) in [5.41, 5.74) is -1.40. The van der Waals surface area contributed by atoms with Gasteiger partial charge in [0, 0.05) is 30.4 Å². The Morgan fingerprint density at radius 2 is 1.91 bits per heavy atom. The van der Waals surface area contributed by atoms with E-state index in [9.17, 15) is 27.2 Å². The molecule has 13 heteroatoms. The fraction of sp³-hybridized carbons (Fsp3) is 0.190. The first-order valence-corrected chi connectivity index (χ1v) is 10.1. The van der Waals surface area contributed by atoms with Gasteiger partial charge in [0.15, 0.2) is 5.69 Å². The molecule has 2 aromatic carbocycles. The maximum atomic E-state index is 14.3. The van der Waals surface area contributed by atoms with E-state index < -0.39 is 29.6 Å². The van der Waals surface area contributed by atoms with Crippen molar-refractivity contribution in [1.29, 1.82) is 0 Å². The molecule has 180 valence electrons. The number of hydrogen-bond donors (Lipinski definition) is 3. The van der Waals surface area contributed by atoms with E-state index in [-0.39, 0.29) is 40.9 Å². The predicted molar refractivity (Wildman–Crippen MR) is 117 cm³/mol. The summed E-state index contributed by atoms with van der Waals surface area (Å²) in [5, 5.41) is 17.2. The number of rotatable bonds is 6. The number of hydrogen-bond acceptors (Lipinski definition) is 4. The van der Waals surface area contributed by atoms with Crippen molar-refractivity contribution in [3.8, 4) is 5.69 Å². The van der Waals surface area contributed by atoms with Crippen molar-refractivity contribution in [3.63, 3.8) is 0 Å². The highest BCUT2D eigenvalue weighted by molar-refractivity contribution is 6.30. The number of aliphatic hydroxyl groups is 1. The second kappa shape index (κ2) is 10.1. The summed E-state index contributed by atoms with van der Waals surface area (Å²) in [7, 11) is 1.21. The zero-order valence-electron chi connectivity index (χ0n) is 17.5. The van der Waals surface area contributed by atoms with Gasteiger partial charge in [-0.1, -0.05) is 17.7 Å². The lowest BCUT2D eigenvalue weighted by molar-refractivity contribution is -0.141. The number of carbonyl (C=O) groups excluding carboxylic acids is 2. The van der Waals surface area contributed by atoms with Crippen LogP contribution >= 0.6 is 11.6 Å². The van der Waals surface area contributed by atoms with Gasteiger partial charge in [-0.2, -0.15) is 18.3 Å². The highest BCUT2D eigenvalue weighted by atomic mass is 35.5. The molecule has 0 unspecified atom stereocenters. The Morgan fingerprint density at radius 3 is 2.53 bits per heavy atom. The SMILES string of the molecule is CN(C(=O)Nc1ccc(C(=O)NCCO)c(F)c1)c1cc(C(F)(F)F)nn1-c1cccc(Cl)c1. The first kappa shape index (κ1) is 25.0. The van der Waals surface area contributed by atoms with Crippen LogP contribution in [0.5, 0.6) is 0 Å². The Morgan fingerprint density at radius 1 is 1.18 bits per heavy atom. The number of anilines is 2. The van der Waals surface area contributed by atoms with Crippen LogP contribution in [0.3, 0.4) is 0 Å². The van der Waals surface area contributed by atoms with E-state index in [0.717, 1.165) is 21.7 Å². The average molecular weight is 500 g/mol. The Hall–Kier alpha value is -3.64. The van der Waals surface area contributed by atoms with Gasteiger partial charge in [0.2, 0.25) is 0 Å². The number of amides is 3. The molecule has 0 spiro atoms. The third kappa shape index (κ3) is 5.64. The third-order valence-electron chi connectivity index (χ3n) is 4.54. The minimum atomic E-state index is -4.77. The number of aromatic nitrogens is 2. The van der Waals surface area contributed by atoms with Crippen molar-refractivity contribution in [3.05, 3.63) is 70.6 Å². The zero-order chi connectivity index (χ0) is 25.0. The second-order valence-electron chi connectivity index (χ2n) is 6.94. The maximum Gasteiger partial charge on any atom is 0.435 e. The van der Waals surface area contributed by atoms with Gasteiger partial charge in [0.05, 0.1) is 17.9 Å². The van der Waals surface area contributed by atoms with Crippen LogP contribution in [0, 0.1) is 5.82 Å². The van der Waals surface area contributed by atoms with Crippen LogP contribution < -0.4 is 15.5 Å². The largest absolute Gasteiger partial charge is 0.435 e. The zero-order valence-corrected chi connectivity index (χ0v) is 18.3. The van der Waals surface area contributed by atoms with Gasteiger partial charge in [0.25, 0.3) is 5.91 Å². The van der Waals surface area contributed by atoms with Crippen LogP contribution in [0.2, 0.25) is 5.02 Å². The summed E-state index contributed by atoms with van der Waals surface area (Å²) < 4.78 is 55.1. The molecule has 0 saturated carbocycles. The van der Waals surface area contributed by atoms with Crippen molar-refractivity contribution in [2.75, 3.05) is 30.4 Å². The molecule has 1 aromatic heterocycles. The minimum Gasteiger partial charge on any atom is -0.395 e. The van der Waals surface area contributed by atoms with E-state index in [2.05, 4.69) is 15.7 Å². The molecule has 0 radical (unpaired) electrons. The molecule has 0 aliphatic heterocycles. The van der Waals surface area contributed by atoms with E-state index in [0.29, 0.717) is 6.07 Å². The van der Waals surface area contributed by atoms with Crippen molar-refractivity contribution in [1.82, 2.24) is 15.1 Å². The lowest BCUT2D eigenvalue weighted by Gasteiger charge is -2.19. The predicted octanol–water partition coefficient (Wildman–Crippen LogP) is 4.07. The van der Waals surface area contributed by atoms with Crippen LogP contribution in [0.1, 0.15) is 16.1 Å². The first-order chi connectivity index (χ1) is 16.0. The van der Waals surface area contributed by atoms with Gasteiger partial charge in [-0.25, -0.2) is 13.9 Å². The second-order valence-corrected chi connectivity index (χ2v) is 7.38. The van der Waals surface area contributed by atoms with Crippen LogP contribution in [-0.2, 0) is 6.18 Å². The average Bonchev–Trinajstić information content (AvgIpc) is 3.23. The number of halogens is 5. The van der Waals surface area contributed by atoms with Gasteiger partial charge in [-0.15, -0.1) is 0 Å². The van der Waals surface area contributed by atoms with Gasteiger partial charge >= 0.3 is 12.2 Å². The minimum absolute atomic E-state index is 0.0436. The van der Waals surface area contributed by atoms with E-state index in [1.165, 1.54) is 37.4 Å². The standard InChI is InChI=1S/C21H18ClF4N5O3/c1-30(20(34)28-13-5-6-15(16(23)10-13)19(33)27-7-8-32)18-11-17(21(24,25)26)29-31(18)14-4-2-3-12(22)9-14/h2-6,9-11,32H,7-8H2,1H3,(H,27,33)(H,28,34). The summed E-state index contributed by atoms with van der Waals surface area (Å²) in [4.78, 5) is 25.5. The molecule has 3 rings (SSSR count). The Kier molecular flexibility index (Phi) is 7.42. The molecule has 0 aliphatic carbocycles. The molecular weight excluding hydrogens is 482 g/mol. The Bertz CT molecular complexity index is 1220. The molecule has 0 bridgehead atoms. The number of urea groups is 1. The molecule has 34 heavy (non-hydrogen) atoms. The molecule has 0 aliphatic rings. The maximum absolute atomic E-state index is 14.3. The molecular formula is C21H18ClF4N5O3. The highest BCUT2D eigenvalue weighted by Gasteiger charge is 2.36. The third-order valence-corrected chi connectivity index (χ3v) is 4.78. The van der Waals surface area contributed by atoms with Gasteiger partial charge in [-0.05, 0) is 36.4 Å². The molecule has 0 fully saturated rings. The van der Waals surface area contributed by atoms with Gasteiger partial charge in [0.1, 0.15) is 11.6 Å². The molecule has 3 amide bonds. The van der Waals surface area contributed by atoms with Crippen molar-refractivity contribution < 1.29 is 32.3 Å². The number of carbonyl (C=O) groups is 2. The van der Waals surface area contributed by atoms with Gasteiger partial charge in [-0.3, -0.25) is 9.69 Å². The highest BCUT2D eigenvalue weighted by Crippen LogP contribution is 2.33. The van der Waals surface area contributed by atoms with E-state index in [1.807, 2.05) is 0 Å². The number of alkyl halides is 3. The number of nitrogens with one attached hydrogen (secondary N) is 2. The van der Waals surface area contributed by atoms with Crippen molar-refractivity contribution >= 4 is 35.0 Å². The molecule has 8 nitrogen and oxygen atoms in total. The molecule has 3 N–H and O–H groups in total. The summed E-state index contributed by atoms with van der Waals surface area (Å²) in [5.74, 6) is -1.93. The number of benzene rings is 2. The lowest BCUT2D eigenvalue weighted by atomic mass is 10.1. The molecule has 3 aromatic rings. The van der Waals surface area contributed by atoms with Gasteiger partial charge < -0.3 is 15.7 Å². The summed E-state index contributed by atoms with van der Waals surface area (Å²) in [6.07, 6.45) is -4.77. The Labute approximate surface area is 195 Å². The van der Waals surface area contributed by atoms with Crippen LogP contribution in [0.15, 0.2) is 48.5 Å².